The van der Waals surface area contributed by atoms with Gasteiger partial charge in [-0.25, -0.2) is 0 Å². The molecule has 1 atom stereocenters. The fourth-order valence-electron chi connectivity index (χ4n) is 2.57. The van der Waals surface area contributed by atoms with Gasteiger partial charge < -0.3 is 9.80 Å². The summed E-state index contributed by atoms with van der Waals surface area (Å²) in [4.78, 5) is 17.9. The monoisotopic (exact) mass is 328 g/mol. The fourth-order valence-corrected chi connectivity index (χ4v) is 4.29. The highest BCUT2D eigenvalue weighted by molar-refractivity contribution is 7.99. The molecule has 1 fully saturated rings. The van der Waals surface area contributed by atoms with E-state index in [-0.39, 0.29) is 11.9 Å². The van der Waals surface area contributed by atoms with E-state index >= 15 is 0 Å². The second-order valence-electron chi connectivity index (χ2n) is 5.64. The molecule has 1 aromatic rings. The molecule has 7 heteroatoms. The molecular weight excluding hydrogens is 304 g/mol. The molecule has 2 rings (SSSR count). The Bertz CT molecular complexity index is 464. The normalized spacial score (nSPS) is 19.8. The lowest BCUT2D eigenvalue weighted by Crippen LogP contribution is -2.46. The molecule has 0 spiro atoms. The van der Waals surface area contributed by atoms with Crippen LogP contribution < -0.4 is 0 Å². The Morgan fingerprint density at radius 1 is 1.48 bits per heavy atom. The summed E-state index contributed by atoms with van der Waals surface area (Å²) in [6.45, 7) is 3.85. The predicted octanol–water partition coefficient (Wildman–Crippen LogP) is 2.00. The third-order valence-electron chi connectivity index (χ3n) is 3.51. The standard InChI is InChI=1S/C14H24N4OS2/c1-4-6-12-13(21-16-15-12)14(19)18-7-5-8-20-10-11(18)9-17(2)3/h11H,4-10H2,1-3H3/t11-/m0/s1. The molecule has 1 amide bonds. The van der Waals surface area contributed by atoms with Crippen molar-refractivity contribution in [1.29, 1.82) is 0 Å². The van der Waals surface area contributed by atoms with Gasteiger partial charge in [0.05, 0.1) is 11.7 Å². The van der Waals surface area contributed by atoms with Crippen LogP contribution in [-0.2, 0) is 6.42 Å². The second kappa shape index (κ2) is 8.10. The van der Waals surface area contributed by atoms with Crippen molar-refractivity contribution in [3.63, 3.8) is 0 Å². The number of amides is 1. The largest absolute Gasteiger partial charge is 0.333 e. The lowest BCUT2D eigenvalue weighted by molar-refractivity contribution is 0.0679. The quantitative estimate of drug-likeness (QED) is 0.827. The number of thioether (sulfide) groups is 1. The van der Waals surface area contributed by atoms with Gasteiger partial charge in [0.1, 0.15) is 4.88 Å². The third kappa shape index (κ3) is 4.40. The Balaban J connectivity index is 2.18. The summed E-state index contributed by atoms with van der Waals surface area (Å²) in [6, 6.07) is 0.275. The first-order valence-corrected chi connectivity index (χ1v) is 9.41. The van der Waals surface area contributed by atoms with E-state index in [0.29, 0.717) is 0 Å². The van der Waals surface area contributed by atoms with Gasteiger partial charge in [-0.05, 0) is 44.2 Å². The van der Waals surface area contributed by atoms with Gasteiger partial charge in [0.2, 0.25) is 0 Å². The molecule has 0 aliphatic carbocycles. The van der Waals surface area contributed by atoms with E-state index in [9.17, 15) is 4.79 Å². The average molecular weight is 329 g/mol. The van der Waals surface area contributed by atoms with Crippen LogP contribution in [0.5, 0.6) is 0 Å². The first-order chi connectivity index (χ1) is 10.1. The maximum Gasteiger partial charge on any atom is 0.267 e. The Labute approximate surface area is 135 Å². The average Bonchev–Trinajstić information content (AvgIpc) is 2.77. The van der Waals surface area contributed by atoms with Crippen molar-refractivity contribution in [1.82, 2.24) is 19.4 Å². The minimum Gasteiger partial charge on any atom is -0.333 e. The van der Waals surface area contributed by atoms with Crippen LogP contribution in [0.25, 0.3) is 0 Å². The molecule has 2 heterocycles. The number of carbonyl (C=O) groups is 1. The number of likely N-dealkylation sites (N-methyl/N-ethyl adjacent to an activating group) is 1. The zero-order valence-corrected chi connectivity index (χ0v) is 14.7. The Hall–Kier alpha value is -0.660. The van der Waals surface area contributed by atoms with Gasteiger partial charge >= 0.3 is 0 Å². The molecule has 5 nitrogen and oxygen atoms in total. The number of hydrogen-bond donors (Lipinski definition) is 0. The van der Waals surface area contributed by atoms with Crippen molar-refractivity contribution >= 4 is 29.2 Å². The second-order valence-corrected chi connectivity index (χ2v) is 7.55. The van der Waals surface area contributed by atoms with Gasteiger partial charge in [0.15, 0.2) is 0 Å². The summed E-state index contributed by atoms with van der Waals surface area (Å²) in [7, 11) is 4.13. The van der Waals surface area contributed by atoms with Crippen molar-refractivity contribution in [3.05, 3.63) is 10.6 Å². The molecule has 0 radical (unpaired) electrons. The summed E-state index contributed by atoms with van der Waals surface area (Å²) >= 11 is 3.20. The minimum absolute atomic E-state index is 0.128. The molecule has 0 bridgehead atoms. The smallest absolute Gasteiger partial charge is 0.267 e. The lowest BCUT2D eigenvalue weighted by atomic mass is 10.2. The highest BCUT2D eigenvalue weighted by Gasteiger charge is 2.29. The highest BCUT2D eigenvalue weighted by Crippen LogP contribution is 2.22. The molecule has 0 saturated carbocycles. The topological polar surface area (TPSA) is 49.3 Å². The molecule has 1 aliphatic heterocycles. The molecule has 1 aliphatic rings. The highest BCUT2D eigenvalue weighted by atomic mass is 32.2. The van der Waals surface area contributed by atoms with Crippen molar-refractivity contribution in [3.8, 4) is 0 Å². The zero-order chi connectivity index (χ0) is 15.2. The van der Waals surface area contributed by atoms with Crippen LogP contribution >= 0.6 is 23.3 Å². The SMILES string of the molecule is CCCc1nnsc1C(=O)N1CCCSC[C@@H]1CN(C)C. The maximum absolute atomic E-state index is 12.9. The molecule has 0 N–H and O–H groups in total. The van der Waals surface area contributed by atoms with Crippen LogP contribution in [0.4, 0.5) is 0 Å². The molecule has 0 unspecified atom stereocenters. The summed E-state index contributed by atoms with van der Waals surface area (Å²) in [6.07, 6.45) is 2.89. The molecule has 1 saturated heterocycles. The molecule has 1 aromatic heterocycles. The Kier molecular flexibility index (Phi) is 6.44. The molecular formula is C14H24N4OS2. The van der Waals surface area contributed by atoms with Crippen molar-refractivity contribution < 1.29 is 4.79 Å². The minimum atomic E-state index is 0.128. The van der Waals surface area contributed by atoms with Crippen LogP contribution in [0.3, 0.4) is 0 Å². The number of rotatable bonds is 5. The summed E-state index contributed by atoms with van der Waals surface area (Å²) < 4.78 is 3.99. The molecule has 118 valence electrons. The van der Waals surface area contributed by atoms with Crippen LogP contribution in [0.15, 0.2) is 0 Å². The van der Waals surface area contributed by atoms with E-state index in [1.165, 1.54) is 11.5 Å². The van der Waals surface area contributed by atoms with Gasteiger partial charge in [-0.3, -0.25) is 4.79 Å². The number of aromatic nitrogens is 2. The summed E-state index contributed by atoms with van der Waals surface area (Å²) in [5.74, 6) is 2.28. The van der Waals surface area contributed by atoms with Gasteiger partial charge in [-0.2, -0.15) is 11.8 Å². The van der Waals surface area contributed by atoms with Crippen molar-refractivity contribution in [2.45, 2.75) is 32.2 Å². The van der Waals surface area contributed by atoms with E-state index in [4.69, 9.17) is 0 Å². The van der Waals surface area contributed by atoms with E-state index in [0.717, 1.165) is 54.4 Å². The number of hydrogen-bond acceptors (Lipinski definition) is 6. The van der Waals surface area contributed by atoms with Gasteiger partial charge in [-0.15, -0.1) is 5.10 Å². The van der Waals surface area contributed by atoms with E-state index in [1.54, 1.807) is 0 Å². The zero-order valence-electron chi connectivity index (χ0n) is 13.0. The van der Waals surface area contributed by atoms with Crippen molar-refractivity contribution in [2.75, 3.05) is 38.7 Å². The van der Waals surface area contributed by atoms with Gasteiger partial charge in [0.25, 0.3) is 5.91 Å². The van der Waals surface area contributed by atoms with Crippen LogP contribution in [0.2, 0.25) is 0 Å². The number of aryl methyl sites for hydroxylation is 1. The Morgan fingerprint density at radius 3 is 3.00 bits per heavy atom. The third-order valence-corrected chi connectivity index (χ3v) is 5.47. The van der Waals surface area contributed by atoms with E-state index in [2.05, 4.69) is 35.5 Å². The number of nitrogens with zero attached hydrogens (tertiary/aromatic N) is 4. The van der Waals surface area contributed by atoms with Crippen LogP contribution in [0, 0.1) is 0 Å². The van der Waals surface area contributed by atoms with Gasteiger partial charge in [0, 0.05) is 18.8 Å². The lowest BCUT2D eigenvalue weighted by Gasteiger charge is -2.31. The summed E-state index contributed by atoms with van der Waals surface area (Å²) in [5.41, 5.74) is 0.869. The van der Waals surface area contributed by atoms with E-state index < -0.39 is 0 Å². The number of carbonyl (C=O) groups excluding carboxylic acids is 1. The Morgan fingerprint density at radius 2 is 2.29 bits per heavy atom. The first kappa shape index (κ1) is 16.7. The predicted molar refractivity (Wildman–Crippen MR) is 89.2 cm³/mol. The van der Waals surface area contributed by atoms with Crippen LogP contribution in [-0.4, -0.2) is 70.0 Å². The summed E-state index contributed by atoms with van der Waals surface area (Å²) in [5, 5.41) is 4.14. The fraction of sp³-hybridized carbons (Fsp3) is 0.786. The van der Waals surface area contributed by atoms with E-state index in [1.807, 2.05) is 16.7 Å². The molecule has 21 heavy (non-hydrogen) atoms. The van der Waals surface area contributed by atoms with Crippen molar-refractivity contribution in [2.24, 2.45) is 0 Å². The first-order valence-electron chi connectivity index (χ1n) is 7.48. The van der Waals surface area contributed by atoms with Gasteiger partial charge in [-0.1, -0.05) is 17.8 Å². The maximum atomic E-state index is 12.9. The van der Waals surface area contributed by atoms with Crippen LogP contribution in [0.1, 0.15) is 35.1 Å². The molecule has 0 aromatic carbocycles.